The predicted molar refractivity (Wildman–Crippen MR) is 66.1 cm³/mol. The molecule has 0 bridgehead atoms. The van der Waals surface area contributed by atoms with Crippen LogP contribution in [0.2, 0.25) is 0 Å². The molecule has 0 saturated carbocycles. The molecule has 0 aliphatic carbocycles. The van der Waals surface area contributed by atoms with E-state index in [1.165, 1.54) is 12.8 Å². The highest BCUT2D eigenvalue weighted by Gasteiger charge is 2.13. The van der Waals surface area contributed by atoms with Crippen LogP contribution in [0.5, 0.6) is 0 Å². The molecule has 0 rings (SSSR count). The van der Waals surface area contributed by atoms with Crippen LogP contribution in [-0.4, -0.2) is 36.2 Å². The summed E-state index contributed by atoms with van der Waals surface area (Å²) < 4.78 is 0.369. The summed E-state index contributed by atoms with van der Waals surface area (Å²) in [6, 6.07) is 0. The van der Waals surface area contributed by atoms with Gasteiger partial charge < -0.3 is 15.0 Å². The number of nitrogens with zero attached hydrogens (tertiary/aromatic N) is 1. The first kappa shape index (κ1) is 16.0. The van der Waals surface area contributed by atoms with E-state index in [0.717, 1.165) is 12.8 Å². The lowest BCUT2D eigenvalue weighted by molar-refractivity contribution is -0.839. The van der Waals surface area contributed by atoms with Gasteiger partial charge in [0.05, 0.1) is 20.6 Å². The second-order valence-electron chi connectivity index (χ2n) is 5.06. The number of allylic oxidation sites excluding steroid dienone is 1. The smallest absolute Gasteiger partial charge is 0.145 e. The van der Waals surface area contributed by atoms with Crippen molar-refractivity contribution in [2.45, 2.75) is 45.4 Å². The molecule has 0 spiro atoms. The molecule has 0 aromatic carbocycles. The van der Waals surface area contributed by atoms with E-state index in [1.807, 2.05) is 14.1 Å². The van der Waals surface area contributed by atoms with Crippen molar-refractivity contribution >= 4 is 5.97 Å². The fourth-order valence-corrected chi connectivity index (χ4v) is 1.64. The molecule has 0 atom stereocenters. The molecule has 100 valence electrons. The van der Waals surface area contributed by atoms with Crippen LogP contribution in [0.15, 0.2) is 12.0 Å². The molecule has 0 aromatic rings. The Morgan fingerprint density at radius 2 is 1.88 bits per heavy atom. The van der Waals surface area contributed by atoms with Crippen molar-refractivity contribution in [3.63, 3.8) is 0 Å². The maximum Gasteiger partial charge on any atom is 0.145 e. The van der Waals surface area contributed by atoms with Crippen LogP contribution in [0.4, 0.5) is 0 Å². The van der Waals surface area contributed by atoms with E-state index in [1.54, 1.807) is 6.20 Å². The first-order valence-corrected chi connectivity index (χ1v) is 6.30. The zero-order valence-electron chi connectivity index (χ0n) is 11.2. The van der Waals surface area contributed by atoms with E-state index in [0.29, 0.717) is 23.2 Å². The number of aliphatic hydroxyl groups excluding tert-OH is 1. The first-order valence-electron chi connectivity index (χ1n) is 6.30. The zero-order chi connectivity index (χ0) is 13.3. The summed E-state index contributed by atoms with van der Waals surface area (Å²) in [7, 11) is 3.73. The number of rotatable bonds is 9. The fourth-order valence-electron chi connectivity index (χ4n) is 1.64. The van der Waals surface area contributed by atoms with Gasteiger partial charge in [0.2, 0.25) is 0 Å². The molecule has 0 heterocycles. The van der Waals surface area contributed by atoms with Crippen molar-refractivity contribution in [1.82, 2.24) is 0 Å². The minimum absolute atomic E-state index is 0.00656. The number of carbonyl (C=O) groups excluding carboxylic acids is 1. The molecule has 0 fully saturated rings. The standard InChI is InChI=1S/C13H25NO3/c1-4-5-6-7-8-12(15)11-14(2,3)10-9-13(16)17/h11H,4-10H2,1-3H3,(H-,15,16,17)/b12-11-. The molecule has 4 heteroatoms. The second kappa shape index (κ2) is 8.12. The van der Waals surface area contributed by atoms with Crippen molar-refractivity contribution in [3.8, 4) is 0 Å². The number of hydrogen-bond donors (Lipinski definition) is 1. The Kier molecular flexibility index (Phi) is 7.63. The number of quaternary nitrogens is 1. The van der Waals surface area contributed by atoms with Gasteiger partial charge in [-0.2, -0.15) is 0 Å². The molecular weight excluding hydrogens is 218 g/mol. The Hall–Kier alpha value is -1.03. The van der Waals surface area contributed by atoms with Gasteiger partial charge in [-0.1, -0.05) is 26.2 Å². The highest BCUT2D eigenvalue weighted by atomic mass is 16.4. The lowest BCUT2D eigenvalue weighted by Crippen LogP contribution is -2.38. The zero-order valence-corrected chi connectivity index (χ0v) is 11.2. The molecular formula is C13H25NO3. The lowest BCUT2D eigenvalue weighted by Gasteiger charge is -2.25. The summed E-state index contributed by atoms with van der Waals surface area (Å²) in [5.74, 6) is -0.698. The molecule has 0 radical (unpaired) electrons. The predicted octanol–water partition coefficient (Wildman–Crippen LogP) is 1.57. The average Bonchev–Trinajstić information content (AvgIpc) is 2.21. The van der Waals surface area contributed by atoms with E-state index in [9.17, 15) is 15.0 Å². The fraction of sp³-hybridized carbons (Fsp3) is 0.769. The van der Waals surface area contributed by atoms with Gasteiger partial charge in [0.15, 0.2) is 0 Å². The van der Waals surface area contributed by atoms with Gasteiger partial charge in [-0.3, -0.25) is 4.48 Å². The van der Waals surface area contributed by atoms with Gasteiger partial charge in [0, 0.05) is 18.8 Å². The van der Waals surface area contributed by atoms with Gasteiger partial charge in [-0.25, -0.2) is 0 Å². The van der Waals surface area contributed by atoms with Crippen LogP contribution in [0.3, 0.4) is 0 Å². The summed E-state index contributed by atoms with van der Waals surface area (Å²) in [4.78, 5) is 10.4. The Morgan fingerprint density at radius 3 is 2.41 bits per heavy atom. The number of hydrogen-bond acceptors (Lipinski definition) is 3. The monoisotopic (exact) mass is 243 g/mol. The summed E-state index contributed by atoms with van der Waals surface area (Å²) in [5.41, 5.74) is 0. The normalized spacial score (nSPS) is 12.8. The number of aliphatic hydroxyl groups is 1. The van der Waals surface area contributed by atoms with Crippen LogP contribution >= 0.6 is 0 Å². The highest BCUT2D eigenvalue weighted by Crippen LogP contribution is 2.11. The summed E-state index contributed by atoms with van der Waals surface area (Å²) in [6.45, 7) is 2.58. The van der Waals surface area contributed by atoms with Crippen molar-refractivity contribution in [2.24, 2.45) is 0 Å². The quantitative estimate of drug-likeness (QED) is 0.380. The SMILES string of the molecule is CCCCCC/C(O)=C/[N+](C)(C)CCC(=O)[O-]. The van der Waals surface area contributed by atoms with Crippen LogP contribution < -0.4 is 5.11 Å². The van der Waals surface area contributed by atoms with Crippen LogP contribution in [0.1, 0.15) is 45.4 Å². The van der Waals surface area contributed by atoms with Crippen LogP contribution in [-0.2, 0) is 4.79 Å². The Labute approximate surface area is 104 Å². The van der Waals surface area contributed by atoms with Crippen molar-refractivity contribution in [2.75, 3.05) is 20.6 Å². The second-order valence-corrected chi connectivity index (χ2v) is 5.06. The van der Waals surface area contributed by atoms with Crippen molar-refractivity contribution in [1.29, 1.82) is 0 Å². The third-order valence-corrected chi connectivity index (χ3v) is 2.68. The number of aliphatic carboxylic acids is 1. The molecule has 0 aliphatic heterocycles. The van der Waals surface area contributed by atoms with E-state index in [-0.39, 0.29) is 6.42 Å². The number of carboxylic acid groups (broad SMARTS) is 1. The minimum Gasteiger partial charge on any atom is -0.550 e. The maximum absolute atomic E-state index is 10.4. The number of carbonyl (C=O) groups is 1. The summed E-state index contributed by atoms with van der Waals surface area (Å²) >= 11 is 0. The van der Waals surface area contributed by atoms with Crippen molar-refractivity contribution in [3.05, 3.63) is 12.0 Å². The Bertz CT molecular complexity index is 259. The van der Waals surface area contributed by atoms with E-state index in [4.69, 9.17) is 0 Å². The highest BCUT2D eigenvalue weighted by molar-refractivity contribution is 5.64. The van der Waals surface area contributed by atoms with E-state index < -0.39 is 5.97 Å². The van der Waals surface area contributed by atoms with Gasteiger partial charge in [0.1, 0.15) is 12.0 Å². The minimum atomic E-state index is -1.05. The average molecular weight is 243 g/mol. The number of carboxylic acids is 1. The third kappa shape index (κ3) is 9.87. The Balaban J connectivity index is 4.01. The lowest BCUT2D eigenvalue weighted by atomic mass is 10.1. The maximum atomic E-state index is 10.4. The third-order valence-electron chi connectivity index (χ3n) is 2.68. The molecule has 1 N–H and O–H groups in total. The molecule has 17 heavy (non-hydrogen) atoms. The van der Waals surface area contributed by atoms with Gasteiger partial charge in [-0.05, 0) is 6.42 Å². The Morgan fingerprint density at radius 1 is 1.24 bits per heavy atom. The van der Waals surface area contributed by atoms with Gasteiger partial charge in [0.25, 0.3) is 0 Å². The topological polar surface area (TPSA) is 60.4 Å². The molecule has 0 saturated heterocycles. The molecule has 0 amide bonds. The molecule has 4 nitrogen and oxygen atoms in total. The van der Waals surface area contributed by atoms with E-state index >= 15 is 0 Å². The van der Waals surface area contributed by atoms with Gasteiger partial charge >= 0.3 is 0 Å². The molecule has 0 aromatic heterocycles. The van der Waals surface area contributed by atoms with Crippen LogP contribution in [0.25, 0.3) is 0 Å². The molecule has 0 aliphatic rings. The largest absolute Gasteiger partial charge is 0.550 e. The van der Waals surface area contributed by atoms with Gasteiger partial charge in [-0.15, -0.1) is 0 Å². The van der Waals surface area contributed by atoms with Crippen molar-refractivity contribution < 1.29 is 19.5 Å². The summed E-state index contributed by atoms with van der Waals surface area (Å²) in [5, 5.41) is 20.1. The molecule has 0 unspecified atom stereocenters. The van der Waals surface area contributed by atoms with Crippen LogP contribution in [0, 0.1) is 0 Å². The first-order chi connectivity index (χ1) is 7.87. The summed E-state index contributed by atoms with van der Waals surface area (Å²) in [6.07, 6.45) is 6.87. The van der Waals surface area contributed by atoms with E-state index in [2.05, 4.69) is 6.92 Å². The number of unbranched alkanes of at least 4 members (excludes halogenated alkanes) is 3.